The van der Waals surface area contributed by atoms with E-state index >= 15 is 0 Å². The summed E-state index contributed by atoms with van der Waals surface area (Å²) in [4.78, 5) is 35.4. The van der Waals surface area contributed by atoms with Gasteiger partial charge in [-0.3, -0.25) is 4.79 Å². The fourth-order valence-electron chi connectivity index (χ4n) is 4.28. The summed E-state index contributed by atoms with van der Waals surface area (Å²) < 4.78 is 25.6. The van der Waals surface area contributed by atoms with E-state index in [9.17, 15) is 14.0 Å². The number of aliphatic hydroxyl groups excluding tert-OH is 1. The van der Waals surface area contributed by atoms with E-state index in [4.69, 9.17) is 14.6 Å². The molecule has 1 saturated heterocycles. The van der Waals surface area contributed by atoms with E-state index in [1.165, 1.54) is 13.2 Å². The highest BCUT2D eigenvalue weighted by Gasteiger charge is 2.46. The standard InChI is InChI=1S/C26H29FN4O5.C2H6/c1-14-5-10-19(20(27)13-14)21-15(2)28-24(29-21)23(16(3)35-4)31-25(33)22(30-26(31)34)17-6-8-18(9-7-17)36-12-11-32;1-2/h5-10,13,16,22-23,32H,11-12H2,1-4H3,(H,28,29)(H,30,34);1-2H3/t16?,22-,23?;/m1./s1. The van der Waals surface area contributed by atoms with Gasteiger partial charge in [0.2, 0.25) is 0 Å². The first-order chi connectivity index (χ1) is 18.2. The minimum Gasteiger partial charge on any atom is -0.491 e. The summed E-state index contributed by atoms with van der Waals surface area (Å²) in [5, 5.41) is 11.6. The highest BCUT2D eigenvalue weighted by molar-refractivity contribution is 6.05. The average Bonchev–Trinajstić information content (AvgIpc) is 3.43. The second-order valence-electron chi connectivity index (χ2n) is 8.70. The van der Waals surface area contributed by atoms with Crippen LogP contribution in [0.4, 0.5) is 9.18 Å². The number of aliphatic hydroxyl groups is 1. The van der Waals surface area contributed by atoms with Crippen molar-refractivity contribution >= 4 is 11.9 Å². The number of methoxy groups -OCH3 is 1. The van der Waals surface area contributed by atoms with Crippen molar-refractivity contribution in [3.05, 3.63) is 70.9 Å². The molecule has 0 bridgehead atoms. The fourth-order valence-corrected chi connectivity index (χ4v) is 4.28. The van der Waals surface area contributed by atoms with Crippen LogP contribution >= 0.6 is 0 Å². The normalized spacial score (nSPS) is 16.5. The van der Waals surface area contributed by atoms with Crippen molar-refractivity contribution in [1.29, 1.82) is 0 Å². The predicted molar refractivity (Wildman–Crippen MR) is 141 cm³/mol. The molecule has 4 rings (SSSR count). The van der Waals surface area contributed by atoms with Crippen LogP contribution in [0.15, 0.2) is 42.5 Å². The maximum atomic E-state index is 14.7. The van der Waals surface area contributed by atoms with Crippen molar-refractivity contribution in [2.45, 2.75) is 52.8 Å². The van der Waals surface area contributed by atoms with Crippen LogP contribution in [0.25, 0.3) is 11.3 Å². The molecule has 1 fully saturated rings. The Labute approximate surface area is 222 Å². The molecule has 9 nitrogen and oxygen atoms in total. The Bertz CT molecular complexity index is 1260. The van der Waals surface area contributed by atoms with Crippen LogP contribution in [-0.4, -0.2) is 58.3 Å². The SMILES string of the molecule is CC.COC(C)C(c1nc(-c2ccc(C)cc2F)c(C)[nH]1)N1C(=O)N[C@H](c2ccc(OCCO)cc2)C1=O. The highest BCUT2D eigenvalue weighted by Crippen LogP contribution is 2.35. The number of carbonyl (C=O) groups excluding carboxylic acids is 2. The summed E-state index contributed by atoms with van der Waals surface area (Å²) >= 11 is 0. The van der Waals surface area contributed by atoms with E-state index in [-0.39, 0.29) is 13.2 Å². The lowest BCUT2D eigenvalue weighted by Crippen LogP contribution is -2.41. The van der Waals surface area contributed by atoms with Gasteiger partial charge < -0.3 is 24.9 Å². The van der Waals surface area contributed by atoms with Gasteiger partial charge in [-0.15, -0.1) is 0 Å². The van der Waals surface area contributed by atoms with E-state index in [0.29, 0.717) is 34.1 Å². The average molecular weight is 527 g/mol. The van der Waals surface area contributed by atoms with Crippen LogP contribution in [-0.2, 0) is 9.53 Å². The van der Waals surface area contributed by atoms with Crippen molar-refractivity contribution in [2.75, 3.05) is 20.3 Å². The van der Waals surface area contributed by atoms with Crippen LogP contribution in [0.3, 0.4) is 0 Å². The minimum absolute atomic E-state index is 0.114. The number of ether oxygens (including phenoxy) is 2. The Kier molecular flexibility index (Phi) is 9.60. The largest absolute Gasteiger partial charge is 0.491 e. The number of H-pyrrole nitrogens is 1. The molecule has 2 aromatic carbocycles. The van der Waals surface area contributed by atoms with E-state index < -0.39 is 35.9 Å². The molecule has 3 aromatic rings. The number of nitrogens with zero attached hydrogens (tertiary/aromatic N) is 2. The molecule has 1 aliphatic heterocycles. The summed E-state index contributed by atoms with van der Waals surface area (Å²) in [6, 6.07) is 9.22. The lowest BCUT2D eigenvalue weighted by atomic mass is 10.1. The molecule has 3 N–H and O–H groups in total. The maximum absolute atomic E-state index is 14.7. The van der Waals surface area contributed by atoms with Crippen LogP contribution in [0.5, 0.6) is 5.75 Å². The van der Waals surface area contributed by atoms with Crippen LogP contribution in [0, 0.1) is 19.7 Å². The molecular weight excluding hydrogens is 491 g/mol. The number of imidazole rings is 1. The topological polar surface area (TPSA) is 117 Å². The van der Waals surface area contributed by atoms with Gasteiger partial charge in [0.1, 0.15) is 36.1 Å². The zero-order valence-electron chi connectivity index (χ0n) is 22.5. The number of carbonyl (C=O) groups is 2. The third-order valence-corrected chi connectivity index (χ3v) is 6.20. The van der Waals surface area contributed by atoms with Crippen molar-refractivity contribution in [1.82, 2.24) is 20.2 Å². The molecule has 204 valence electrons. The molecule has 0 radical (unpaired) electrons. The second-order valence-corrected chi connectivity index (χ2v) is 8.70. The van der Waals surface area contributed by atoms with E-state index in [2.05, 4.69) is 15.3 Å². The first kappa shape index (κ1) is 28.8. The Morgan fingerprint density at radius 1 is 1.13 bits per heavy atom. The Morgan fingerprint density at radius 2 is 1.82 bits per heavy atom. The van der Waals surface area contributed by atoms with Gasteiger partial charge in [0.05, 0.1) is 18.4 Å². The van der Waals surface area contributed by atoms with Crippen LogP contribution in [0.2, 0.25) is 0 Å². The summed E-state index contributed by atoms with van der Waals surface area (Å²) in [7, 11) is 1.48. The number of hydrogen-bond acceptors (Lipinski definition) is 6. The Hall–Kier alpha value is -3.76. The van der Waals surface area contributed by atoms with Crippen LogP contribution in [0.1, 0.15) is 55.5 Å². The van der Waals surface area contributed by atoms with Gasteiger partial charge in [0.25, 0.3) is 5.91 Å². The smallest absolute Gasteiger partial charge is 0.325 e. The van der Waals surface area contributed by atoms with Gasteiger partial charge in [0.15, 0.2) is 0 Å². The van der Waals surface area contributed by atoms with Crippen molar-refractivity contribution < 1.29 is 28.6 Å². The molecule has 38 heavy (non-hydrogen) atoms. The molecule has 10 heteroatoms. The van der Waals surface area contributed by atoms with Gasteiger partial charge in [-0.1, -0.05) is 32.0 Å². The maximum Gasteiger partial charge on any atom is 0.325 e. The summed E-state index contributed by atoms with van der Waals surface area (Å²) in [5.74, 6) is -0.0213. The molecular formula is C28H35FN4O5. The predicted octanol–water partition coefficient (Wildman–Crippen LogP) is 4.60. The third kappa shape index (κ3) is 5.87. The molecule has 0 saturated carbocycles. The molecule has 2 heterocycles. The number of benzene rings is 2. The summed E-state index contributed by atoms with van der Waals surface area (Å²) in [6.45, 7) is 9.33. The van der Waals surface area contributed by atoms with Gasteiger partial charge in [0, 0.05) is 18.4 Å². The molecule has 2 unspecified atom stereocenters. The lowest BCUT2D eigenvalue weighted by Gasteiger charge is -2.28. The van der Waals surface area contributed by atoms with Gasteiger partial charge in [-0.25, -0.2) is 19.1 Å². The van der Waals surface area contributed by atoms with Gasteiger partial charge in [-0.2, -0.15) is 0 Å². The van der Waals surface area contributed by atoms with Gasteiger partial charge in [-0.05, 0) is 56.2 Å². The summed E-state index contributed by atoms with van der Waals surface area (Å²) in [5.41, 5.74) is 2.69. The van der Waals surface area contributed by atoms with E-state index in [1.54, 1.807) is 57.2 Å². The number of aryl methyl sites for hydroxylation is 2. The number of aromatic nitrogens is 2. The monoisotopic (exact) mass is 526 g/mol. The second kappa shape index (κ2) is 12.7. The number of hydrogen-bond donors (Lipinski definition) is 3. The van der Waals surface area contributed by atoms with Crippen molar-refractivity contribution in [3.63, 3.8) is 0 Å². The first-order valence-corrected chi connectivity index (χ1v) is 12.6. The highest BCUT2D eigenvalue weighted by atomic mass is 19.1. The number of nitrogens with one attached hydrogen (secondary N) is 2. The Balaban J connectivity index is 0.00000195. The van der Waals surface area contributed by atoms with E-state index in [1.807, 2.05) is 13.8 Å². The molecule has 3 atom stereocenters. The van der Waals surface area contributed by atoms with Crippen molar-refractivity contribution in [3.8, 4) is 17.0 Å². The number of rotatable bonds is 9. The summed E-state index contributed by atoms with van der Waals surface area (Å²) in [6.07, 6.45) is -0.603. The number of urea groups is 1. The number of halogens is 1. The van der Waals surface area contributed by atoms with Crippen molar-refractivity contribution in [2.24, 2.45) is 0 Å². The third-order valence-electron chi connectivity index (χ3n) is 6.20. The quantitative estimate of drug-likeness (QED) is 0.351. The van der Waals surface area contributed by atoms with Gasteiger partial charge >= 0.3 is 6.03 Å². The first-order valence-electron chi connectivity index (χ1n) is 12.6. The molecule has 3 amide bonds. The van der Waals surface area contributed by atoms with E-state index in [0.717, 1.165) is 10.5 Å². The zero-order chi connectivity index (χ0) is 28.0. The number of imide groups is 1. The van der Waals surface area contributed by atoms with Crippen LogP contribution < -0.4 is 10.1 Å². The fraction of sp³-hybridized carbons (Fsp3) is 0.393. The minimum atomic E-state index is -0.902. The molecule has 1 aliphatic rings. The lowest BCUT2D eigenvalue weighted by molar-refractivity contribution is -0.131. The number of aromatic amines is 1. The number of amides is 3. The molecule has 0 aliphatic carbocycles. The molecule has 0 spiro atoms. The zero-order valence-corrected chi connectivity index (χ0v) is 22.5. The Morgan fingerprint density at radius 3 is 2.42 bits per heavy atom. The molecule has 1 aromatic heterocycles.